The molecule has 2 rings (SSSR count). The molecule has 0 aromatic carbocycles. The molecule has 3 nitrogen and oxygen atoms in total. The molecule has 2 aliphatic rings. The average Bonchev–Trinajstić information content (AvgIpc) is 2.88. The number of aliphatic imine (C=N–C) groups is 1. The van der Waals surface area contributed by atoms with Gasteiger partial charge in [0.05, 0.1) is 12.0 Å². The van der Waals surface area contributed by atoms with Gasteiger partial charge in [-0.1, -0.05) is 12.8 Å². The number of guanidine groups is 1. The van der Waals surface area contributed by atoms with E-state index in [0.29, 0.717) is 6.04 Å². The Kier molecular flexibility index (Phi) is 3.23. The highest BCUT2D eigenvalue weighted by Crippen LogP contribution is 2.57. The first-order valence-corrected chi connectivity index (χ1v) is 6.06. The molecule has 0 aromatic rings. The number of halogens is 3. The molecule has 2 fully saturated rings. The number of rotatable bonds is 3. The number of nitrogens with zero attached hydrogens (tertiary/aromatic N) is 1. The third-order valence-corrected chi connectivity index (χ3v) is 3.71. The fourth-order valence-electron chi connectivity index (χ4n) is 2.24. The van der Waals surface area contributed by atoms with Gasteiger partial charge >= 0.3 is 6.18 Å². The van der Waals surface area contributed by atoms with Crippen molar-refractivity contribution in [3.63, 3.8) is 0 Å². The number of nitrogens with two attached hydrogens (primary N) is 1. The maximum atomic E-state index is 12.6. The lowest BCUT2D eigenvalue weighted by Crippen LogP contribution is -2.39. The Balaban J connectivity index is 1.83. The number of nitrogens with one attached hydrogen (secondary N) is 1. The SMILES string of the molecule is NC(=NCC1(C(F)(F)F)CC1)NC1CCCC1. The van der Waals surface area contributed by atoms with E-state index >= 15 is 0 Å². The molecule has 0 saturated heterocycles. The zero-order valence-corrected chi connectivity index (χ0v) is 9.69. The van der Waals surface area contributed by atoms with Crippen LogP contribution in [-0.2, 0) is 0 Å². The maximum Gasteiger partial charge on any atom is 0.396 e. The molecule has 98 valence electrons. The quantitative estimate of drug-likeness (QED) is 0.595. The van der Waals surface area contributed by atoms with Crippen LogP contribution >= 0.6 is 0 Å². The first kappa shape index (κ1) is 12.5. The zero-order valence-electron chi connectivity index (χ0n) is 9.69. The van der Waals surface area contributed by atoms with Crippen molar-refractivity contribution in [2.24, 2.45) is 16.1 Å². The zero-order chi connectivity index (χ0) is 12.5. The Morgan fingerprint density at radius 1 is 1.29 bits per heavy atom. The predicted octanol–water partition coefficient (Wildman–Crippen LogP) is 2.18. The maximum absolute atomic E-state index is 12.6. The highest BCUT2D eigenvalue weighted by Gasteiger charge is 2.63. The molecule has 17 heavy (non-hydrogen) atoms. The fourth-order valence-corrected chi connectivity index (χ4v) is 2.24. The summed E-state index contributed by atoms with van der Waals surface area (Å²) in [7, 11) is 0. The smallest absolute Gasteiger partial charge is 0.370 e. The van der Waals surface area contributed by atoms with Gasteiger partial charge in [-0.05, 0) is 25.7 Å². The van der Waals surface area contributed by atoms with Gasteiger partial charge in [0.2, 0.25) is 0 Å². The lowest BCUT2D eigenvalue weighted by molar-refractivity contribution is -0.183. The molecule has 0 radical (unpaired) electrons. The summed E-state index contributed by atoms with van der Waals surface area (Å²) < 4.78 is 37.9. The van der Waals surface area contributed by atoms with Crippen molar-refractivity contribution in [1.29, 1.82) is 0 Å². The van der Waals surface area contributed by atoms with Gasteiger partial charge in [-0.25, -0.2) is 0 Å². The third-order valence-electron chi connectivity index (χ3n) is 3.71. The summed E-state index contributed by atoms with van der Waals surface area (Å²) in [5.41, 5.74) is 4.01. The van der Waals surface area contributed by atoms with Crippen molar-refractivity contribution in [1.82, 2.24) is 5.32 Å². The summed E-state index contributed by atoms with van der Waals surface area (Å²) in [4.78, 5) is 3.85. The lowest BCUT2D eigenvalue weighted by atomic mass is 10.1. The second-order valence-corrected chi connectivity index (χ2v) is 5.11. The van der Waals surface area contributed by atoms with Gasteiger partial charge in [0, 0.05) is 6.04 Å². The Labute approximate surface area is 98.7 Å². The van der Waals surface area contributed by atoms with Crippen LogP contribution in [0.15, 0.2) is 4.99 Å². The van der Waals surface area contributed by atoms with Gasteiger partial charge in [-0.2, -0.15) is 13.2 Å². The van der Waals surface area contributed by atoms with Gasteiger partial charge in [-0.15, -0.1) is 0 Å². The van der Waals surface area contributed by atoms with E-state index in [9.17, 15) is 13.2 Å². The van der Waals surface area contributed by atoms with Crippen molar-refractivity contribution in [2.45, 2.75) is 50.7 Å². The molecule has 3 N–H and O–H groups in total. The van der Waals surface area contributed by atoms with Gasteiger partial charge in [0.25, 0.3) is 0 Å². The van der Waals surface area contributed by atoms with Crippen molar-refractivity contribution >= 4 is 5.96 Å². The molecule has 2 aliphatic carbocycles. The van der Waals surface area contributed by atoms with Crippen LogP contribution < -0.4 is 11.1 Å². The summed E-state index contributed by atoms with van der Waals surface area (Å²) in [5, 5.41) is 2.99. The van der Waals surface area contributed by atoms with Crippen LogP contribution in [0.1, 0.15) is 38.5 Å². The standard InChI is InChI=1S/C11H18F3N3/c12-11(13,14)10(5-6-10)7-16-9(15)17-8-3-1-2-4-8/h8H,1-7H2,(H3,15,16,17). The van der Waals surface area contributed by atoms with Crippen LogP contribution in [-0.4, -0.2) is 24.7 Å². The van der Waals surface area contributed by atoms with Crippen molar-refractivity contribution < 1.29 is 13.2 Å². The second kappa shape index (κ2) is 4.38. The molecule has 6 heteroatoms. The van der Waals surface area contributed by atoms with E-state index < -0.39 is 11.6 Å². The summed E-state index contributed by atoms with van der Waals surface area (Å²) in [6.07, 6.45) is 0.563. The van der Waals surface area contributed by atoms with Crippen LogP contribution in [0.3, 0.4) is 0 Å². The Bertz CT molecular complexity index is 302. The Hall–Kier alpha value is -0.940. The largest absolute Gasteiger partial charge is 0.396 e. The van der Waals surface area contributed by atoms with E-state index in [4.69, 9.17) is 5.73 Å². The number of hydrogen-bond donors (Lipinski definition) is 2. The minimum absolute atomic E-state index is 0.160. The van der Waals surface area contributed by atoms with E-state index in [1.165, 1.54) is 0 Å². The van der Waals surface area contributed by atoms with E-state index in [0.717, 1.165) is 25.7 Å². The Morgan fingerprint density at radius 2 is 1.88 bits per heavy atom. The molecule has 0 spiro atoms. The van der Waals surface area contributed by atoms with Crippen molar-refractivity contribution in [2.75, 3.05) is 6.54 Å². The molecule has 0 heterocycles. The molecule has 0 amide bonds. The van der Waals surface area contributed by atoms with Gasteiger partial charge in [0.15, 0.2) is 5.96 Å². The summed E-state index contributed by atoms with van der Waals surface area (Å²) >= 11 is 0. The number of alkyl halides is 3. The van der Waals surface area contributed by atoms with E-state index in [1.807, 2.05) is 0 Å². The van der Waals surface area contributed by atoms with Crippen LogP contribution in [0.25, 0.3) is 0 Å². The van der Waals surface area contributed by atoms with Crippen molar-refractivity contribution in [3.8, 4) is 0 Å². The number of hydrogen-bond acceptors (Lipinski definition) is 1. The molecule has 0 aliphatic heterocycles. The van der Waals surface area contributed by atoms with E-state index in [-0.39, 0.29) is 25.3 Å². The topological polar surface area (TPSA) is 50.4 Å². The summed E-state index contributed by atoms with van der Waals surface area (Å²) in [5.74, 6) is 0.160. The van der Waals surface area contributed by atoms with Crippen molar-refractivity contribution in [3.05, 3.63) is 0 Å². The minimum atomic E-state index is -4.15. The lowest BCUT2D eigenvalue weighted by Gasteiger charge is -2.18. The first-order valence-electron chi connectivity index (χ1n) is 6.06. The molecular weight excluding hydrogens is 231 g/mol. The van der Waals surface area contributed by atoms with Gasteiger partial charge in [0.1, 0.15) is 0 Å². The van der Waals surface area contributed by atoms with E-state index in [1.54, 1.807) is 0 Å². The Morgan fingerprint density at radius 3 is 2.35 bits per heavy atom. The fraction of sp³-hybridized carbons (Fsp3) is 0.909. The van der Waals surface area contributed by atoms with Gasteiger partial charge < -0.3 is 11.1 Å². The average molecular weight is 249 g/mol. The molecule has 0 atom stereocenters. The molecule has 2 saturated carbocycles. The minimum Gasteiger partial charge on any atom is -0.370 e. The predicted molar refractivity (Wildman–Crippen MR) is 59.6 cm³/mol. The molecule has 0 aromatic heterocycles. The highest BCUT2D eigenvalue weighted by molar-refractivity contribution is 5.78. The van der Waals surface area contributed by atoms with E-state index in [2.05, 4.69) is 10.3 Å². The molecule has 0 bridgehead atoms. The summed E-state index contributed by atoms with van der Waals surface area (Å²) in [6.45, 7) is -0.234. The molecular formula is C11H18F3N3. The third kappa shape index (κ3) is 2.84. The normalized spacial score (nSPS) is 25.0. The van der Waals surface area contributed by atoms with Crippen LogP contribution in [0.4, 0.5) is 13.2 Å². The molecule has 0 unspecified atom stereocenters. The second-order valence-electron chi connectivity index (χ2n) is 5.11. The van der Waals surface area contributed by atoms with Crippen LogP contribution in [0, 0.1) is 5.41 Å². The van der Waals surface area contributed by atoms with Crippen LogP contribution in [0.2, 0.25) is 0 Å². The highest BCUT2D eigenvalue weighted by atomic mass is 19.4. The summed E-state index contributed by atoms with van der Waals surface area (Å²) in [6, 6.07) is 0.291. The monoisotopic (exact) mass is 249 g/mol. The first-order chi connectivity index (χ1) is 7.93. The van der Waals surface area contributed by atoms with Crippen LogP contribution in [0.5, 0.6) is 0 Å². The van der Waals surface area contributed by atoms with Gasteiger partial charge in [-0.3, -0.25) is 4.99 Å².